The summed E-state index contributed by atoms with van der Waals surface area (Å²) in [5, 5.41) is 12.8. The summed E-state index contributed by atoms with van der Waals surface area (Å²) in [5.74, 6) is -0.366. The Bertz CT molecular complexity index is 1370. The number of halogens is 1. The summed E-state index contributed by atoms with van der Waals surface area (Å²) in [5.41, 5.74) is 1.83. The van der Waals surface area contributed by atoms with Gasteiger partial charge in [0.15, 0.2) is 0 Å². The maximum Gasteiger partial charge on any atom is 0.261 e. The van der Waals surface area contributed by atoms with Crippen LogP contribution in [0.2, 0.25) is 0 Å². The molecule has 0 saturated carbocycles. The maximum atomic E-state index is 13.2. The van der Waals surface area contributed by atoms with Crippen LogP contribution in [-0.2, 0) is 26.1 Å². The van der Waals surface area contributed by atoms with Gasteiger partial charge in [0, 0.05) is 23.4 Å². The number of aromatic nitrogens is 1. The zero-order valence-corrected chi connectivity index (χ0v) is 20.5. The van der Waals surface area contributed by atoms with Crippen molar-refractivity contribution < 1.29 is 32.2 Å². The van der Waals surface area contributed by atoms with Crippen LogP contribution in [0.1, 0.15) is 30.0 Å². The van der Waals surface area contributed by atoms with Crippen molar-refractivity contribution in [2.24, 2.45) is 0 Å². The smallest absolute Gasteiger partial charge is 0.261 e. The second-order valence-electron chi connectivity index (χ2n) is 9.02. The molecule has 2 aliphatic heterocycles. The number of aliphatic hydroxyl groups is 1. The van der Waals surface area contributed by atoms with E-state index in [-0.39, 0.29) is 29.7 Å². The van der Waals surface area contributed by atoms with E-state index < -0.39 is 34.2 Å². The van der Waals surface area contributed by atoms with E-state index in [4.69, 9.17) is 9.47 Å². The van der Waals surface area contributed by atoms with Gasteiger partial charge in [0.05, 0.1) is 36.3 Å². The second kappa shape index (κ2) is 10.4. The number of hydrogen-bond acceptors (Lipinski definition) is 7. The number of nitrogens with zero attached hydrogens (tertiary/aromatic N) is 1. The van der Waals surface area contributed by atoms with Crippen LogP contribution >= 0.6 is 0 Å². The third kappa shape index (κ3) is 5.58. The number of ether oxygens (including phenoxy) is 2. The third-order valence-corrected chi connectivity index (χ3v) is 7.88. The number of carbonyl (C=O) groups is 1. The summed E-state index contributed by atoms with van der Waals surface area (Å²) in [7, 11) is -3.93. The number of rotatable bonds is 8. The first-order valence-electron chi connectivity index (χ1n) is 11.8. The maximum absolute atomic E-state index is 13.2. The van der Waals surface area contributed by atoms with Gasteiger partial charge in [-0.1, -0.05) is 6.07 Å². The minimum Gasteiger partial charge on any atom is -0.487 e. The monoisotopic (exact) mass is 527 g/mol. The molecule has 0 aliphatic carbocycles. The Labute approximate surface area is 213 Å². The summed E-state index contributed by atoms with van der Waals surface area (Å²) in [6.07, 6.45) is 0.647. The molecule has 3 N–H and O–H groups in total. The lowest BCUT2D eigenvalue weighted by molar-refractivity contribution is -0.142. The minimum absolute atomic E-state index is 0.0632. The summed E-state index contributed by atoms with van der Waals surface area (Å²) in [6, 6.07) is 14.9. The first-order valence-corrected chi connectivity index (χ1v) is 13.3. The van der Waals surface area contributed by atoms with Gasteiger partial charge in [-0.3, -0.25) is 14.5 Å². The van der Waals surface area contributed by atoms with Crippen LogP contribution in [-0.4, -0.2) is 49.3 Å². The van der Waals surface area contributed by atoms with Crippen molar-refractivity contribution in [3.05, 3.63) is 83.9 Å². The largest absolute Gasteiger partial charge is 0.487 e. The molecule has 0 unspecified atom stereocenters. The number of nitrogens with one attached hydrogen (secondary N) is 2. The van der Waals surface area contributed by atoms with E-state index in [1.807, 2.05) is 12.1 Å². The molecule has 2 aromatic carbocycles. The molecule has 3 heterocycles. The number of amides is 1. The summed E-state index contributed by atoms with van der Waals surface area (Å²) < 4.78 is 53.3. The van der Waals surface area contributed by atoms with Gasteiger partial charge >= 0.3 is 0 Å². The van der Waals surface area contributed by atoms with E-state index in [1.54, 1.807) is 30.5 Å². The van der Waals surface area contributed by atoms with Crippen LogP contribution < -0.4 is 14.8 Å². The molecular weight excluding hydrogens is 501 g/mol. The third-order valence-electron chi connectivity index (χ3n) is 6.48. The van der Waals surface area contributed by atoms with Crippen LogP contribution in [0, 0.1) is 5.82 Å². The lowest BCUT2D eigenvalue weighted by Gasteiger charge is -2.37. The van der Waals surface area contributed by atoms with E-state index in [0.717, 1.165) is 23.4 Å². The summed E-state index contributed by atoms with van der Waals surface area (Å²) in [4.78, 5) is 16.7. The molecule has 9 nitrogen and oxygen atoms in total. The Morgan fingerprint density at radius 1 is 1.14 bits per heavy atom. The summed E-state index contributed by atoms with van der Waals surface area (Å²) in [6.45, 7) is 0.0106. The minimum atomic E-state index is -3.93. The molecule has 4 atom stereocenters. The molecule has 194 valence electrons. The van der Waals surface area contributed by atoms with Gasteiger partial charge in [-0.2, -0.15) is 0 Å². The quantitative estimate of drug-likeness (QED) is 0.411. The van der Waals surface area contributed by atoms with E-state index in [1.165, 1.54) is 12.1 Å². The zero-order chi connectivity index (χ0) is 26.0. The lowest BCUT2D eigenvalue weighted by atomic mass is 9.84. The highest BCUT2D eigenvalue weighted by Crippen LogP contribution is 2.47. The Morgan fingerprint density at radius 2 is 1.95 bits per heavy atom. The molecule has 1 amide bonds. The average molecular weight is 528 g/mol. The number of fused-ring (bicyclic) bond motifs is 3. The molecule has 37 heavy (non-hydrogen) atoms. The normalized spacial score (nSPS) is 22.4. The van der Waals surface area contributed by atoms with Crippen molar-refractivity contribution in [2.45, 2.75) is 48.5 Å². The van der Waals surface area contributed by atoms with E-state index in [2.05, 4.69) is 15.0 Å². The molecule has 1 saturated heterocycles. The van der Waals surface area contributed by atoms with E-state index in [0.29, 0.717) is 24.4 Å². The Morgan fingerprint density at radius 3 is 2.68 bits per heavy atom. The fourth-order valence-electron chi connectivity index (χ4n) is 4.75. The molecule has 3 aromatic rings. The Kier molecular flexibility index (Phi) is 7.09. The number of sulfonamides is 1. The van der Waals surface area contributed by atoms with Crippen LogP contribution in [0.15, 0.2) is 71.8 Å². The zero-order valence-electron chi connectivity index (χ0n) is 19.7. The summed E-state index contributed by atoms with van der Waals surface area (Å²) >= 11 is 0. The van der Waals surface area contributed by atoms with Crippen LogP contribution in [0.4, 0.5) is 10.1 Å². The van der Waals surface area contributed by atoms with Gasteiger partial charge in [-0.25, -0.2) is 12.8 Å². The highest BCUT2D eigenvalue weighted by atomic mass is 32.2. The number of anilines is 1. The van der Waals surface area contributed by atoms with Gasteiger partial charge in [0.1, 0.15) is 23.8 Å². The topological polar surface area (TPSA) is 127 Å². The van der Waals surface area contributed by atoms with Crippen molar-refractivity contribution in [1.82, 2.24) is 10.3 Å². The van der Waals surface area contributed by atoms with Crippen LogP contribution in [0.25, 0.3) is 0 Å². The fourth-order valence-corrected chi connectivity index (χ4v) is 5.80. The number of benzene rings is 2. The van der Waals surface area contributed by atoms with Crippen molar-refractivity contribution in [3.63, 3.8) is 0 Å². The van der Waals surface area contributed by atoms with Gasteiger partial charge in [0.2, 0.25) is 5.91 Å². The standard InChI is InChI=1S/C26H26FN3O6S/c27-16-4-7-20(8-5-16)37(33,34)30-17-6-9-23-21(11-17)22-12-19(35-24(15-31)26(22)36-23)13-25(32)29-14-18-3-1-2-10-28-18/h1-11,19,22,24,26,30-31H,12-15H2,(H,29,32)/t19-,22-,24-,26+/m1/s1. The van der Waals surface area contributed by atoms with Crippen molar-refractivity contribution >= 4 is 21.6 Å². The molecule has 11 heteroatoms. The SMILES string of the molecule is O=C(C[C@H]1C[C@@H]2c3cc(NS(=O)(=O)c4ccc(F)cc4)ccc3O[C@@H]2[C@@H](CO)O1)NCc1ccccn1. The number of hydrogen-bond donors (Lipinski definition) is 3. The Balaban J connectivity index is 1.29. The van der Waals surface area contributed by atoms with Crippen LogP contribution in [0.5, 0.6) is 5.75 Å². The molecular formula is C26H26FN3O6S. The average Bonchev–Trinajstić information content (AvgIpc) is 3.25. The van der Waals surface area contributed by atoms with Crippen LogP contribution in [0.3, 0.4) is 0 Å². The number of aliphatic hydroxyl groups excluding tert-OH is 1. The van der Waals surface area contributed by atoms with Gasteiger partial charge in [-0.15, -0.1) is 0 Å². The predicted molar refractivity (Wildman–Crippen MR) is 132 cm³/mol. The van der Waals surface area contributed by atoms with E-state index in [9.17, 15) is 22.7 Å². The van der Waals surface area contributed by atoms with Crippen molar-refractivity contribution in [2.75, 3.05) is 11.3 Å². The fraction of sp³-hybridized carbons (Fsp3) is 0.308. The van der Waals surface area contributed by atoms with Gasteiger partial charge in [0.25, 0.3) is 10.0 Å². The number of pyridine rings is 1. The lowest BCUT2D eigenvalue weighted by Crippen LogP contribution is -2.47. The number of carbonyl (C=O) groups excluding carboxylic acids is 1. The van der Waals surface area contributed by atoms with Crippen molar-refractivity contribution in [1.29, 1.82) is 0 Å². The predicted octanol–water partition coefficient (Wildman–Crippen LogP) is 2.72. The molecule has 0 bridgehead atoms. The first-order chi connectivity index (χ1) is 17.8. The molecule has 0 spiro atoms. The highest BCUT2D eigenvalue weighted by Gasteiger charge is 2.46. The van der Waals surface area contributed by atoms with Gasteiger partial charge in [-0.05, 0) is 61.0 Å². The molecule has 5 rings (SSSR count). The molecule has 0 radical (unpaired) electrons. The highest BCUT2D eigenvalue weighted by molar-refractivity contribution is 7.92. The molecule has 1 aromatic heterocycles. The molecule has 1 fully saturated rings. The van der Waals surface area contributed by atoms with E-state index >= 15 is 0 Å². The van der Waals surface area contributed by atoms with Crippen molar-refractivity contribution in [3.8, 4) is 5.75 Å². The van der Waals surface area contributed by atoms with Gasteiger partial charge < -0.3 is 19.9 Å². The first kappa shape index (κ1) is 25.1. The molecule has 2 aliphatic rings. The second-order valence-corrected chi connectivity index (χ2v) is 10.7. The Hall–Kier alpha value is -3.54.